The molecule has 2 aliphatic rings. The zero-order valence-electron chi connectivity index (χ0n) is 31.4. The zero-order chi connectivity index (χ0) is 37.3. The molecule has 0 amide bonds. The van der Waals surface area contributed by atoms with Gasteiger partial charge in [-0.05, 0) is 76.6 Å². The molecule has 3 nitrogen and oxygen atoms in total. The summed E-state index contributed by atoms with van der Waals surface area (Å²) >= 11 is 0. The second-order valence-corrected chi connectivity index (χ2v) is 13.1. The summed E-state index contributed by atoms with van der Waals surface area (Å²) in [5.74, 6) is 0.678. The highest BCUT2D eigenvalue weighted by Gasteiger charge is 2.47. The van der Waals surface area contributed by atoms with Gasteiger partial charge in [0.1, 0.15) is 0 Å². The molecule has 1 aliphatic carbocycles. The maximum atomic E-state index is 5.20. The van der Waals surface area contributed by atoms with E-state index in [4.69, 9.17) is 15.0 Å². The summed E-state index contributed by atoms with van der Waals surface area (Å²) in [6.07, 6.45) is 10.6. The first kappa shape index (κ1) is 35.9. The molecule has 0 radical (unpaired) electrons. The van der Waals surface area contributed by atoms with Gasteiger partial charge in [-0.3, -0.25) is 4.99 Å². The minimum atomic E-state index is -0.519. The molecular formula is C51H45N3. The molecule has 0 aromatic heterocycles. The molecule has 0 spiro atoms. The molecule has 1 unspecified atom stereocenters. The van der Waals surface area contributed by atoms with E-state index in [1.807, 2.05) is 64.1 Å². The fourth-order valence-corrected chi connectivity index (χ4v) is 7.53. The Morgan fingerprint density at radius 2 is 1.22 bits per heavy atom. The van der Waals surface area contributed by atoms with Gasteiger partial charge in [0.25, 0.3) is 0 Å². The third kappa shape index (κ3) is 6.89. The second kappa shape index (κ2) is 16.5. The molecule has 0 saturated heterocycles. The Morgan fingerprint density at radius 1 is 0.593 bits per heavy atom. The van der Waals surface area contributed by atoms with Crippen molar-refractivity contribution in [1.82, 2.24) is 0 Å². The van der Waals surface area contributed by atoms with Crippen molar-refractivity contribution in [2.45, 2.75) is 33.1 Å². The molecule has 6 aromatic carbocycles. The summed E-state index contributed by atoms with van der Waals surface area (Å²) in [6, 6.07) is 55.8. The van der Waals surface area contributed by atoms with Crippen LogP contribution in [0.3, 0.4) is 0 Å². The topological polar surface area (TPSA) is 37.1 Å². The zero-order valence-corrected chi connectivity index (χ0v) is 31.4. The molecule has 1 aliphatic heterocycles. The molecule has 0 fully saturated rings. The van der Waals surface area contributed by atoms with E-state index in [2.05, 4.69) is 152 Å². The minimum Gasteiger partial charge on any atom is -0.284 e. The van der Waals surface area contributed by atoms with Crippen LogP contribution in [0.15, 0.2) is 203 Å². The molecule has 8 rings (SSSR count). The Balaban J connectivity index is 0.00000221. The first-order chi connectivity index (χ1) is 26.7. The van der Waals surface area contributed by atoms with Gasteiger partial charge in [-0.1, -0.05) is 184 Å². The molecule has 3 heteroatoms. The van der Waals surface area contributed by atoms with Crippen LogP contribution in [-0.4, -0.2) is 23.8 Å². The highest BCUT2D eigenvalue weighted by molar-refractivity contribution is 6.14. The average molecular weight is 700 g/mol. The smallest absolute Gasteiger partial charge is 0.160 e. The number of hydrogen-bond donors (Lipinski definition) is 0. The van der Waals surface area contributed by atoms with Crippen molar-refractivity contribution < 1.29 is 0 Å². The van der Waals surface area contributed by atoms with Gasteiger partial charge in [-0.15, -0.1) is 0 Å². The monoisotopic (exact) mass is 699 g/mol. The molecule has 0 N–H and O–H groups in total. The summed E-state index contributed by atoms with van der Waals surface area (Å²) in [6.45, 7) is 8.73. The standard InChI is InChI=1S/C49H39N3.C2H6/c1-3-46(52-48(37-21-10-5-11-22-37)51-35(2)36-19-8-4-9-20-36)40-24-18-23-38(33-40)39-30-31-45-43(34-39)42-27-15-16-28-44(42)49(45,41-25-12-6-13-26-41)47-29-14-7-17-32-50-47;1-2/h3-31,33-34H,32H2,1-2H3;1-2H3/b46-3-,51-35?,52-48?;. The number of allylic oxidation sites excluding steroid dienone is 4. The number of hydrogen-bond acceptors (Lipinski definition) is 2. The third-order valence-corrected chi connectivity index (χ3v) is 9.99. The first-order valence-electron chi connectivity index (χ1n) is 18.9. The van der Waals surface area contributed by atoms with Crippen LogP contribution in [-0.2, 0) is 5.41 Å². The summed E-state index contributed by atoms with van der Waals surface area (Å²) < 4.78 is 0. The van der Waals surface area contributed by atoms with E-state index in [-0.39, 0.29) is 0 Å². The van der Waals surface area contributed by atoms with Crippen LogP contribution in [0.4, 0.5) is 0 Å². The van der Waals surface area contributed by atoms with Crippen LogP contribution in [0, 0.1) is 0 Å². The quantitative estimate of drug-likeness (QED) is 0.117. The largest absolute Gasteiger partial charge is 0.284 e. The lowest BCUT2D eigenvalue weighted by molar-refractivity contribution is 0.853. The van der Waals surface area contributed by atoms with Crippen molar-refractivity contribution in [1.29, 1.82) is 0 Å². The van der Waals surface area contributed by atoms with Gasteiger partial charge in [0.05, 0.1) is 23.4 Å². The third-order valence-electron chi connectivity index (χ3n) is 9.99. The summed E-state index contributed by atoms with van der Waals surface area (Å²) in [4.78, 5) is 15.4. The normalized spacial score (nSPS) is 16.4. The Labute approximate surface area is 320 Å². The lowest BCUT2D eigenvalue weighted by atomic mass is 9.68. The van der Waals surface area contributed by atoms with Gasteiger partial charge in [-0.2, -0.15) is 0 Å². The van der Waals surface area contributed by atoms with Crippen molar-refractivity contribution in [3.8, 4) is 22.3 Å². The SMILES string of the molecule is C/C=C(\N=C(N=C(C)c1ccccc1)c1ccccc1)c1cccc(-c2ccc3c(c2)-c2ccccc2C3(C2=NCC=CC=C2)c2ccccc2)c1.CC. The molecule has 54 heavy (non-hydrogen) atoms. The van der Waals surface area contributed by atoms with Gasteiger partial charge in [-0.25, -0.2) is 9.98 Å². The Hall–Kier alpha value is -6.45. The Kier molecular flexibility index (Phi) is 11.0. The Morgan fingerprint density at radius 3 is 1.96 bits per heavy atom. The molecule has 6 aromatic rings. The molecule has 0 saturated carbocycles. The molecule has 1 heterocycles. The van der Waals surface area contributed by atoms with Crippen molar-refractivity contribution in [3.63, 3.8) is 0 Å². The maximum absolute atomic E-state index is 5.20. The van der Waals surface area contributed by atoms with Crippen LogP contribution in [0.25, 0.3) is 28.0 Å². The molecule has 0 bridgehead atoms. The summed E-state index contributed by atoms with van der Waals surface area (Å²) in [5.41, 5.74) is 13.9. The van der Waals surface area contributed by atoms with E-state index in [1.165, 1.54) is 27.8 Å². The number of aliphatic imine (C=N–C) groups is 3. The predicted octanol–water partition coefficient (Wildman–Crippen LogP) is 12.6. The lowest BCUT2D eigenvalue weighted by Crippen LogP contribution is -2.36. The van der Waals surface area contributed by atoms with Crippen LogP contribution in [0.5, 0.6) is 0 Å². The summed E-state index contributed by atoms with van der Waals surface area (Å²) in [7, 11) is 0. The second-order valence-electron chi connectivity index (χ2n) is 13.1. The average Bonchev–Trinajstić information content (AvgIpc) is 3.35. The van der Waals surface area contributed by atoms with E-state index in [1.54, 1.807) is 0 Å². The number of rotatable bonds is 7. The van der Waals surface area contributed by atoms with Gasteiger partial charge in [0.15, 0.2) is 5.84 Å². The first-order valence-corrected chi connectivity index (χ1v) is 18.9. The van der Waals surface area contributed by atoms with E-state index in [9.17, 15) is 0 Å². The van der Waals surface area contributed by atoms with E-state index in [0.29, 0.717) is 12.4 Å². The fourth-order valence-electron chi connectivity index (χ4n) is 7.53. The van der Waals surface area contributed by atoms with Crippen molar-refractivity contribution >= 4 is 23.0 Å². The van der Waals surface area contributed by atoms with Crippen LogP contribution >= 0.6 is 0 Å². The molecular weight excluding hydrogens is 655 g/mol. The van der Waals surface area contributed by atoms with Crippen LogP contribution in [0.2, 0.25) is 0 Å². The number of benzene rings is 6. The van der Waals surface area contributed by atoms with E-state index >= 15 is 0 Å². The van der Waals surface area contributed by atoms with E-state index in [0.717, 1.165) is 44.9 Å². The van der Waals surface area contributed by atoms with Gasteiger partial charge in [0.2, 0.25) is 0 Å². The minimum absolute atomic E-state index is 0.519. The number of amidine groups is 1. The Bertz CT molecular complexity index is 2430. The van der Waals surface area contributed by atoms with Crippen molar-refractivity contribution in [2.24, 2.45) is 15.0 Å². The van der Waals surface area contributed by atoms with Crippen LogP contribution < -0.4 is 0 Å². The van der Waals surface area contributed by atoms with Crippen LogP contribution in [0.1, 0.15) is 61.1 Å². The lowest BCUT2D eigenvalue weighted by Gasteiger charge is -2.33. The van der Waals surface area contributed by atoms with Gasteiger partial charge < -0.3 is 0 Å². The highest BCUT2D eigenvalue weighted by atomic mass is 14.9. The molecule has 1 atom stereocenters. The maximum Gasteiger partial charge on any atom is 0.160 e. The summed E-state index contributed by atoms with van der Waals surface area (Å²) in [5, 5.41) is 0. The fraction of sp³-hybridized carbons (Fsp3) is 0.118. The molecule has 264 valence electrons. The number of nitrogens with zero attached hydrogens (tertiary/aromatic N) is 3. The van der Waals surface area contributed by atoms with E-state index < -0.39 is 5.41 Å². The predicted molar refractivity (Wildman–Crippen MR) is 231 cm³/mol. The van der Waals surface area contributed by atoms with Gasteiger partial charge >= 0.3 is 0 Å². The van der Waals surface area contributed by atoms with Crippen molar-refractivity contribution in [2.75, 3.05) is 6.54 Å². The van der Waals surface area contributed by atoms with Gasteiger partial charge in [0, 0.05) is 16.8 Å². The van der Waals surface area contributed by atoms with Crippen molar-refractivity contribution in [3.05, 3.63) is 221 Å². The number of fused-ring (bicyclic) bond motifs is 3. The highest BCUT2D eigenvalue weighted by Crippen LogP contribution is 2.54.